The van der Waals surface area contributed by atoms with Gasteiger partial charge in [0, 0.05) is 25.7 Å². The van der Waals surface area contributed by atoms with Crippen LogP contribution in [-0.4, -0.2) is 57.9 Å². The highest BCUT2D eigenvalue weighted by Crippen LogP contribution is 2.21. The number of halogens is 1. The zero-order valence-corrected chi connectivity index (χ0v) is 15.7. The summed E-state index contributed by atoms with van der Waals surface area (Å²) in [5.74, 6) is 0. The van der Waals surface area contributed by atoms with Crippen LogP contribution in [0.4, 0.5) is 4.79 Å². The van der Waals surface area contributed by atoms with Gasteiger partial charge in [-0.25, -0.2) is 4.79 Å². The monoisotopic (exact) mass is 354 g/mol. The van der Waals surface area contributed by atoms with Crippen molar-refractivity contribution in [3.63, 3.8) is 0 Å². The van der Waals surface area contributed by atoms with Gasteiger partial charge in [0.05, 0.1) is 5.69 Å². The molecule has 0 aliphatic carbocycles. The Morgan fingerprint density at radius 1 is 1.38 bits per heavy atom. The lowest BCUT2D eigenvalue weighted by molar-refractivity contribution is 0.00582. The van der Waals surface area contributed by atoms with Crippen LogP contribution in [0.25, 0.3) is 0 Å². The molecular formula is C17H27ClN4O2. The average Bonchev–Trinajstić information content (AvgIpc) is 2.48. The van der Waals surface area contributed by atoms with Crippen LogP contribution in [0.1, 0.15) is 45.7 Å². The van der Waals surface area contributed by atoms with Gasteiger partial charge in [-0.05, 0) is 59.2 Å². The molecule has 1 saturated heterocycles. The minimum absolute atomic E-state index is 0.166. The number of likely N-dealkylation sites (N-methyl/N-ethyl adjacent to an activating group) is 1. The topological polar surface area (TPSA) is 58.6 Å². The van der Waals surface area contributed by atoms with Gasteiger partial charge in [0.15, 0.2) is 5.15 Å². The van der Waals surface area contributed by atoms with Gasteiger partial charge in [-0.3, -0.25) is 4.90 Å². The number of aromatic nitrogens is 2. The first-order valence-electron chi connectivity index (χ1n) is 8.41. The molecule has 1 unspecified atom stereocenters. The number of carbonyl (C=O) groups is 1. The smallest absolute Gasteiger partial charge is 0.410 e. The number of likely N-dealkylation sites (tertiary alicyclic amines) is 1. The summed E-state index contributed by atoms with van der Waals surface area (Å²) < 4.78 is 5.55. The van der Waals surface area contributed by atoms with Crippen molar-refractivity contribution < 1.29 is 9.53 Å². The Morgan fingerprint density at radius 3 is 2.75 bits per heavy atom. The highest BCUT2D eigenvalue weighted by molar-refractivity contribution is 6.29. The number of hydrogen-bond donors (Lipinski definition) is 0. The molecular weight excluding hydrogens is 328 g/mol. The molecule has 1 aliphatic heterocycles. The largest absolute Gasteiger partial charge is 0.444 e. The van der Waals surface area contributed by atoms with Crippen LogP contribution in [-0.2, 0) is 11.3 Å². The summed E-state index contributed by atoms with van der Waals surface area (Å²) in [4.78, 5) is 16.5. The van der Waals surface area contributed by atoms with Crippen LogP contribution in [0.15, 0.2) is 12.1 Å². The van der Waals surface area contributed by atoms with Crippen LogP contribution in [0.2, 0.25) is 5.15 Å². The molecule has 134 valence electrons. The fraction of sp³-hybridized carbons (Fsp3) is 0.706. The Balaban J connectivity index is 1.94. The summed E-state index contributed by atoms with van der Waals surface area (Å²) in [6, 6.07) is 3.78. The van der Waals surface area contributed by atoms with Crippen LogP contribution in [0, 0.1) is 0 Å². The molecule has 2 rings (SSSR count). The standard InChI is InChI=1S/C17H27ClN4O2/c1-17(2,3)24-16(23)22-10-6-5-7-14(22)12-21(4)11-13-8-9-15(18)20-19-13/h8-9,14H,5-7,10-12H2,1-4H3. The highest BCUT2D eigenvalue weighted by Gasteiger charge is 2.31. The Morgan fingerprint density at radius 2 is 2.12 bits per heavy atom. The zero-order valence-electron chi connectivity index (χ0n) is 15.0. The van der Waals surface area contributed by atoms with E-state index in [2.05, 4.69) is 15.1 Å². The first-order valence-corrected chi connectivity index (χ1v) is 8.78. The highest BCUT2D eigenvalue weighted by atomic mass is 35.5. The second-order valence-corrected chi connectivity index (χ2v) is 7.75. The quantitative estimate of drug-likeness (QED) is 0.829. The number of ether oxygens (including phenoxy) is 1. The second-order valence-electron chi connectivity index (χ2n) is 7.37. The van der Waals surface area contributed by atoms with E-state index in [1.54, 1.807) is 6.07 Å². The normalized spacial score (nSPS) is 18.8. The fourth-order valence-corrected chi connectivity index (χ4v) is 2.98. The van der Waals surface area contributed by atoms with Crippen LogP contribution in [0.5, 0.6) is 0 Å². The molecule has 0 spiro atoms. The summed E-state index contributed by atoms with van der Waals surface area (Å²) in [6.07, 6.45) is 2.95. The zero-order chi connectivity index (χ0) is 17.7. The molecule has 0 N–H and O–H groups in total. The molecule has 7 heteroatoms. The van der Waals surface area contributed by atoms with Crippen molar-refractivity contribution in [2.45, 2.75) is 58.2 Å². The molecule has 2 heterocycles. The summed E-state index contributed by atoms with van der Waals surface area (Å²) in [5.41, 5.74) is 0.394. The van der Waals surface area contributed by atoms with Gasteiger partial charge in [0.1, 0.15) is 5.60 Å². The average molecular weight is 355 g/mol. The van der Waals surface area contributed by atoms with E-state index in [4.69, 9.17) is 16.3 Å². The lowest BCUT2D eigenvalue weighted by atomic mass is 10.0. The third kappa shape index (κ3) is 5.91. The fourth-order valence-electron chi connectivity index (χ4n) is 2.88. The van der Waals surface area contributed by atoms with Crippen LogP contribution >= 0.6 is 11.6 Å². The molecule has 0 bridgehead atoms. The van der Waals surface area contributed by atoms with E-state index in [1.807, 2.05) is 38.8 Å². The summed E-state index contributed by atoms with van der Waals surface area (Å²) >= 11 is 5.77. The minimum Gasteiger partial charge on any atom is -0.444 e. The maximum Gasteiger partial charge on any atom is 0.410 e. The number of carbonyl (C=O) groups excluding carboxylic acids is 1. The SMILES string of the molecule is CN(Cc1ccc(Cl)nn1)CC1CCCCN1C(=O)OC(C)(C)C. The van der Waals surface area contributed by atoms with Gasteiger partial charge >= 0.3 is 6.09 Å². The van der Waals surface area contributed by atoms with Crippen molar-refractivity contribution in [3.05, 3.63) is 23.0 Å². The van der Waals surface area contributed by atoms with Gasteiger partial charge < -0.3 is 9.64 Å². The Kier molecular flexibility index (Phi) is 6.40. The lowest BCUT2D eigenvalue weighted by Crippen LogP contribution is -2.50. The molecule has 0 saturated carbocycles. The second kappa shape index (κ2) is 8.12. The number of rotatable bonds is 4. The molecule has 0 radical (unpaired) electrons. The first-order chi connectivity index (χ1) is 11.2. The first kappa shape index (κ1) is 18.9. The van der Waals surface area contributed by atoms with E-state index in [0.717, 1.165) is 38.0 Å². The predicted octanol–water partition coefficient (Wildman–Crippen LogP) is 3.35. The van der Waals surface area contributed by atoms with Crippen molar-refractivity contribution in [1.29, 1.82) is 0 Å². The molecule has 1 atom stereocenters. The maximum absolute atomic E-state index is 12.4. The molecule has 1 amide bonds. The number of nitrogens with zero attached hydrogens (tertiary/aromatic N) is 4. The van der Waals surface area contributed by atoms with Gasteiger partial charge in [-0.2, -0.15) is 5.10 Å². The summed E-state index contributed by atoms with van der Waals surface area (Å²) in [6.45, 7) is 7.90. The van der Waals surface area contributed by atoms with Crippen molar-refractivity contribution in [2.24, 2.45) is 0 Å². The van der Waals surface area contributed by atoms with E-state index in [0.29, 0.717) is 11.7 Å². The summed E-state index contributed by atoms with van der Waals surface area (Å²) in [5, 5.41) is 8.35. The third-order valence-electron chi connectivity index (χ3n) is 3.90. The van der Waals surface area contributed by atoms with E-state index >= 15 is 0 Å². The maximum atomic E-state index is 12.4. The van der Waals surface area contributed by atoms with E-state index in [9.17, 15) is 4.79 Å². The van der Waals surface area contributed by atoms with Crippen molar-refractivity contribution in [1.82, 2.24) is 20.0 Å². The van der Waals surface area contributed by atoms with Crippen LogP contribution in [0.3, 0.4) is 0 Å². The van der Waals surface area contributed by atoms with Gasteiger partial charge in [0.2, 0.25) is 0 Å². The minimum atomic E-state index is -0.468. The number of amides is 1. The molecule has 6 nitrogen and oxygen atoms in total. The van der Waals surface area contributed by atoms with E-state index < -0.39 is 5.60 Å². The predicted molar refractivity (Wildman–Crippen MR) is 94.0 cm³/mol. The Hall–Kier alpha value is -1.40. The van der Waals surface area contributed by atoms with Crippen molar-refractivity contribution in [2.75, 3.05) is 20.1 Å². The van der Waals surface area contributed by atoms with Crippen molar-refractivity contribution >= 4 is 17.7 Å². The Labute approximate surface area is 149 Å². The molecule has 1 fully saturated rings. The molecule has 0 aromatic carbocycles. The van der Waals surface area contributed by atoms with Gasteiger partial charge in [0.25, 0.3) is 0 Å². The molecule has 24 heavy (non-hydrogen) atoms. The number of piperidine rings is 1. The molecule has 1 aromatic rings. The van der Waals surface area contributed by atoms with Gasteiger partial charge in [-0.15, -0.1) is 5.10 Å². The van der Waals surface area contributed by atoms with Gasteiger partial charge in [-0.1, -0.05) is 11.6 Å². The Bertz CT molecular complexity index is 545. The van der Waals surface area contributed by atoms with Crippen molar-refractivity contribution in [3.8, 4) is 0 Å². The molecule has 1 aromatic heterocycles. The number of hydrogen-bond acceptors (Lipinski definition) is 5. The third-order valence-corrected chi connectivity index (χ3v) is 4.10. The summed E-state index contributed by atoms with van der Waals surface area (Å²) in [7, 11) is 2.03. The van der Waals surface area contributed by atoms with Crippen LogP contribution < -0.4 is 0 Å². The van der Waals surface area contributed by atoms with E-state index in [1.165, 1.54) is 0 Å². The van der Waals surface area contributed by atoms with E-state index in [-0.39, 0.29) is 12.1 Å². The lowest BCUT2D eigenvalue weighted by Gasteiger charge is -2.38. The molecule has 1 aliphatic rings.